The summed E-state index contributed by atoms with van der Waals surface area (Å²) in [6.45, 7) is 3.58. The molecular weight excluding hydrogens is 150 g/mol. The molecule has 1 rings (SSSR count). The number of hydrogen-bond donors (Lipinski definition) is 0. The first-order valence-corrected chi connectivity index (χ1v) is 3.92. The second-order valence-electron chi connectivity index (χ2n) is 2.94. The lowest BCUT2D eigenvalue weighted by Crippen LogP contribution is -1.90. The van der Waals surface area contributed by atoms with Crippen LogP contribution in [-0.2, 0) is 11.8 Å². The lowest BCUT2D eigenvalue weighted by atomic mass is 10.2. The highest BCUT2D eigenvalue weighted by Crippen LogP contribution is 2.09. The lowest BCUT2D eigenvalue weighted by Gasteiger charge is -1.96. The Morgan fingerprint density at radius 2 is 2.25 bits per heavy atom. The molecule has 0 spiro atoms. The summed E-state index contributed by atoms with van der Waals surface area (Å²) >= 11 is 0. The summed E-state index contributed by atoms with van der Waals surface area (Å²) in [6.07, 6.45) is 5.41. The van der Waals surface area contributed by atoms with Gasteiger partial charge in [-0.05, 0) is 37.6 Å². The second-order valence-corrected chi connectivity index (χ2v) is 2.94. The van der Waals surface area contributed by atoms with E-state index in [4.69, 9.17) is 0 Å². The molecule has 0 bridgehead atoms. The number of hydrogen-bond acceptors (Lipinski definition) is 1. The minimum atomic E-state index is 0.0793. The molecule has 12 heavy (non-hydrogen) atoms. The van der Waals surface area contributed by atoms with E-state index in [1.54, 1.807) is 13.0 Å². The third-order valence-electron chi connectivity index (χ3n) is 1.81. The summed E-state index contributed by atoms with van der Waals surface area (Å²) in [5.74, 6) is 0.0793. The fourth-order valence-corrected chi connectivity index (χ4v) is 1.11. The molecule has 0 saturated heterocycles. The van der Waals surface area contributed by atoms with E-state index in [9.17, 15) is 4.79 Å². The summed E-state index contributed by atoms with van der Waals surface area (Å²) < 4.78 is 1.99. The van der Waals surface area contributed by atoms with Gasteiger partial charge in [0, 0.05) is 18.9 Å². The molecular formula is C10H13NO. The maximum absolute atomic E-state index is 10.7. The second kappa shape index (κ2) is 3.39. The minimum Gasteiger partial charge on any atom is -0.351 e. The molecule has 0 aliphatic rings. The zero-order valence-corrected chi connectivity index (χ0v) is 7.66. The van der Waals surface area contributed by atoms with Crippen LogP contribution in [-0.4, -0.2) is 10.4 Å². The first-order chi connectivity index (χ1) is 5.61. The molecule has 2 heteroatoms. The van der Waals surface area contributed by atoms with Gasteiger partial charge in [-0.1, -0.05) is 0 Å². The third-order valence-corrected chi connectivity index (χ3v) is 1.81. The normalized spacial score (nSPS) is 10.9. The highest BCUT2D eigenvalue weighted by atomic mass is 16.1. The molecule has 1 heterocycles. The predicted molar refractivity (Wildman–Crippen MR) is 49.9 cm³/mol. The Morgan fingerprint density at radius 3 is 2.67 bits per heavy atom. The monoisotopic (exact) mass is 163 g/mol. The zero-order chi connectivity index (χ0) is 9.14. The molecule has 0 aliphatic carbocycles. The van der Waals surface area contributed by atoms with Gasteiger partial charge in [0.05, 0.1) is 0 Å². The van der Waals surface area contributed by atoms with E-state index in [-0.39, 0.29) is 5.78 Å². The van der Waals surface area contributed by atoms with Crippen LogP contribution in [0.15, 0.2) is 18.3 Å². The van der Waals surface area contributed by atoms with Crippen LogP contribution >= 0.6 is 0 Å². The summed E-state index contributed by atoms with van der Waals surface area (Å²) in [6, 6.07) is 2.03. The number of aryl methyl sites for hydroxylation is 2. The van der Waals surface area contributed by atoms with Crippen molar-refractivity contribution in [1.29, 1.82) is 0 Å². The van der Waals surface area contributed by atoms with Gasteiger partial charge in [-0.2, -0.15) is 0 Å². The van der Waals surface area contributed by atoms with Gasteiger partial charge in [0.2, 0.25) is 0 Å². The summed E-state index contributed by atoms with van der Waals surface area (Å²) in [4.78, 5) is 10.7. The minimum absolute atomic E-state index is 0.0793. The van der Waals surface area contributed by atoms with E-state index in [0.29, 0.717) is 0 Å². The van der Waals surface area contributed by atoms with Crippen LogP contribution in [0, 0.1) is 6.92 Å². The highest BCUT2D eigenvalue weighted by Gasteiger charge is 1.97. The summed E-state index contributed by atoms with van der Waals surface area (Å²) in [7, 11) is 1.97. The predicted octanol–water partition coefficient (Wildman–Crippen LogP) is 1.94. The molecule has 2 nitrogen and oxygen atoms in total. The number of aromatic nitrogens is 1. The Bertz CT molecular complexity index is 301. The van der Waals surface area contributed by atoms with Crippen LogP contribution < -0.4 is 0 Å². The molecule has 0 saturated carbocycles. The Labute approximate surface area is 72.5 Å². The van der Waals surface area contributed by atoms with Crippen molar-refractivity contribution in [2.24, 2.45) is 7.05 Å². The molecule has 0 amide bonds. The van der Waals surface area contributed by atoms with E-state index in [1.807, 2.05) is 36.9 Å². The van der Waals surface area contributed by atoms with Crippen molar-refractivity contribution < 1.29 is 4.79 Å². The van der Waals surface area contributed by atoms with Gasteiger partial charge in [0.1, 0.15) is 0 Å². The molecule has 0 atom stereocenters. The van der Waals surface area contributed by atoms with Gasteiger partial charge in [-0.25, -0.2) is 0 Å². The van der Waals surface area contributed by atoms with Crippen LogP contribution in [0.2, 0.25) is 0 Å². The fourth-order valence-electron chi connectivity index (χ4n) is 1.11. The van der Waals surface area contributed by atoms with E-state index >= 15 is 0 Å². The van der Waals surface area contributed by atoms with Gasteiger partial charge < -0.3 is 4.57 Å². The van der Waals surface area contributed by atoms with Crippen LogP contribution in [0.4, 0.5) is 0 Å². The van der Waals surface area contributed by atoms with Gasteiger partial charge >= 0.3 is 0 Å². The SMILES string of the molecule is CC(=O)C=Cc1c(C)ccn1C. The fraction of sp³-hybridized carbons (Fsp3) is 0.300. The largest absolute Gasteiger partial charge is 0.351 e. The Hall–Kier alpha value is -1.31. The molecule has 0 radical (unpaired) electrons. The van der Waals surface area contributed by atoms with Crippen molar-refractivity contribution in [3.8, 4) is 0 Å². The van der Waals surface area contributed by atoms with E-state index in [1.165, 1.54) is 5.56 Å². The van der Waals surface area contributed by atoms with Crippen LogP contribution in [0.5, 0.6) is 0 Å². The van der Waals surface area contributed by atoms with Gasteiger partial charge in [-0.15, -0.1) is 0 Å². The Kier molecular flexibility index (Phi) is 2.48. The van der Waals surface area contributed by atoms with Crippen molar-refractivity contribution in [2.45, 2.75) is 13.8 Å². The lowest BCUT2D eigenvalue weighted by molar-refractivity contribution is -0.112. The van der Waals surface area contributed by atoms with E-state index < -0.39 is 0 Å². The number of carbonyl (C=O) groups excluding carboxylic acids is 1. The van der Waals surface area contributed by atoms with Crippen LogP contribution in [0.1, 0.15) is 18.2 Å². The summed E-state index contributed by atoms with van der Waals surface area (Å²) in [5, 5.41) is 0. The Morgan fingerprint density at radius 1 is 1.58 bits per heavy atom. The van der Waals surface area contributed by atoms with Gasteiger partial charge in [-0.3, -0.25) is 4.79 Å². The molecule has 64 valence electrons. The number of allylic oxidation sites excluding steroid dienone is 1. The first-order valence-electron chi connectivity index (χ1n) is 3.92. The van der Waals surface area contributed by atoms with Crippen LogP contribution in [0.25, 0.3) is 6.08 Å². The van der Waals surface area contributed by atoms with Crippen molar-refractivity contribution in [3.63, 3.8) is 0 Å². The molecule has 0 N–H and O–H groups in total. The quantitative estimate of drug-likeness (QED) is 0.611. The van der Waals surface area contributed by atoms with Crippen molar-refractivity contribution in [1.82, 2.24) is 4.57 Å². The zero-order valence-electron chi connectivity index (χ0n) is 7.66. The average Bonchev–Trinajstić information content (AvgIpc) is 2.28. The maximum Gasteiger partial charge on any atom is 0.152 e. The third kappa shape index (κ3) is 1.84. The number of nitrogens with zero attached hydrogens (tertiary/aromatic N) is 1. The molecule has 1 aromatic heterocycles. The average molecular weight is 163 g/mol. The first kappa shape index (κ1) is 8.78. The smallest absolute Gasteiger partial charge is 0.152 e. The number of rotatable bonds is 2. The standard InChI is InChI=1S/C10H13NO/c1-8-6-7-11(3)10(8)5-4-9(2)12/h4-7H,1-3H3. The molecule has 0 fully saturated rings. The number of ketones is 1. The van der Waals surface area contributed by atoms with Gasteiger partial charge in [0.15, 0.2) is 5.78 Å². The molecule has 0 aliphatic heterocycles. The molecule has 0 unspecified atom stereocenters. The Balaban J connectivity index is 2.95. The molecule has 0 aromatic carbocycles. The maximum atomic E-state index is 10.7. The number of carbonyl (C=O) groups is 1. The highest BCUT2D eigenvalue weighted by molar-refractivity contribution is 5.91. The van der Waals surface area contributed by atoms with Crippen molar-refractivity contribution >= 4 is 11.9 Å². The van der Waals surface area contributed by atoms with Crippen molar-refractivity contribution in [3.05, 3.63) is 29.6 Å². The van der Waals surface area contributed by atoms with E-state index in [2.05, 4.69) is 0 Å². The summed E-state index contributed by atoms with van der Waals surface area (Å²) in [5.41, 5.74) is 2.28. The topological polar surface area (TPSA) is 22.0 Å². The van der Waals surface area contributed by atoms with Crippen LogP contribution in [0.3, 0.4) is 0 Å². The molecule has 1 aromatic rings. The van der Waals surface area contributed by atoms with Gasteiger partial charge in [0.25, 0.3) is 0 Å². The van der Waals surface area contributed by atoms with Crippen molar-refractivity contribution in [2.75, 3.05) is 0 Å². The van der Waals surface area contributed by atoms with E-state index in [0.717, 1.165) is 5.69 Å².